The van der Waals surface area contributed by atoms with Gasteiger partial charge in [-0.1, -0.05) is 23.7 Å². The van der Waals surface area contributed by atoms with Gasteiger partial charge in [0.2, 0.25) is 0 Å². The third-order valence-corrected chi connectivity index (χ3v) is 2.67. The summed E-state index contributed by atoms with van der Waals surface area (Å²) in [6.45, 7) is -1.10. The number of nitrogens with zero attached hydrogens (tertiary/aromatic N) is 1. The van der Waals surface area contributed by atoms with Crippen LogP contribution in [-0.2, 0) is 6.54 Å². The highest BCUT2D eigenvalue weighted by molar-refractivity contribution is 6.32. The summed E-state index contributed by atoms with van der Waals surface area (Å²) in [5.74, 6) is 0.651. The molecule has 0 saturated carbocycles. The number of para-hydroxylation sites is 1. The third kappa shape index (κ3) is 3.22. The number of halogens is 3. The van der Waals surface area contributed by atoms with Crippen LogP contribution in [0, 0.1) is 0 Å². The van der Waals surface area contributed by atoms with Crippen LogP contribution < -0.4 is 15.4 Å². The molecule has 2 N–H and O–H groups in total. The van der Waals surface area contributed by atoms with Crippen LogP contribution in [0.5, 0.6) is 5.75 Å². The minimum Gasteiger partial charge on any atom is -0.433 e. The highest BCUT2D eigenvalue weighted by Gasteiger charge is 2.14. The Morgan fingerprint density at radius 1 is 1.50 bits per heavy atom. The topological polar surface area (TPSA) is 45.6 Å². The van der Waals surface area contributed by atoms with Crippen LogP contribution in [0.3, 0.4) is 0 Å². The fourth-order valence-electron chi connectivity index (χ4n) is 1.61. The van der Waals surface area contributed by atoms with Crippen molar-refractivity contribution in [3.05, 3.63) is 28.8 Å². The molecule has 0 aromatic heterocycles. The predicted molar refractivity (Wildman–Crippen MR) is 65.2 cm³/mol. The van der Waals surface area contributed by atoms with Gasteiger partial charge in [0, 0.05) is 18.7 Å². The Morgan fingerprint density at radius 2 is 2.33 bits per heavy atom. The molecule has 1 aromatic rings. The number of benzene rings is 1. The number of hydrogen-bond donors (Lipinski definition) is 2. The molecule has 1 aliphatic heterocycles. The summed E-state index contributed by atoms with van der Waals surface area (Å²) < 4.78 is 29.0. The Hall–Kier alpha value is -1.56. The Bertz CT molecular complexity index is 454. The van der Waals surface area contributed by atoms with Crippen LogP contribution in [0.1, 0.15) is 5.56 Å². The Morgan fingerprint density at radius 3 is 3.00 bits per heavy atom. The van der Waals surface area contributed by atoms with Crippen molar-refractivity contribution in [3.8, 4) is 5.75 Å². The van der Waals surface area contributed by atoms with Gasteiger partial charge >= 0.3 is 6.61 Å². The van der Waals surface area contributed by atoms with E-state index in [1.54, 1.807) is 12.1 Å². The fourth-order valence-corrected chi connectivity index (χ4v) is 1.85. The fraction of sp³-hybridized carbons (Fsp3) is 0.364. The molecule has 1 heterocycles. The molecule has 18 heavy (non-hydrogen) atoms. The highest BCUT2D eigenvalue weighted by Crippen LogP contribution is 2.29. The van der Waals surface area contributed by atoms with E-state index >= 15 is 0 Å². The molecule has 0 fully saturated rings. The Kier molecular flexibility index (Phi) is 4.19. The number of hydrogen-bond acceptors (Lipinski definition) is 4. The molecule has 0 aliphatic carbocycles. The molecule has 1 aromatic carbocycles. The molecule has 0 bridgehead atoms. The molecule has 0 atom stereocenters. The van der Waals surface area contributed by atoms with Gasteiger partial charge in [0.15, 0.2) is 5.96 Å². The summed E-state index contributed by atoms with van der Waals surface area (Å²) in [4.78, 5) is 4.14. The second-order valence-corrected chi connectivity index (χ2v) is 4.02. The average molecular weight is 276 g/mol. The van der Waals surface area contributed by atoms with E-state index in [2.05, 4.69) is 20.4 Å². The maximum atomic E-state index is 12.3. The number of alkyl halides is 2. The molecule has 7 heteroatoms. The lowest BCUT2D eigenvalue weighted by Crippen LogP contribution is -2.33. The number of aliphatic imine (C=N–C) groups is 1. The maximum Gasteiger partial charge on any atom is 0.387 e. The van der Waals surface area contributed by atoms with Crippen molar-refractivity contribution in [3.63, 3.8) is 0 Å². The van der Waals surface area contributed by atoms with Crippen molar-refractivity contribution >= 4 is 17.6 Å². The standard InChI is InChI=1S/C11H12ClF2N3O/c12-8-3-1-2-7(9(8)18-10(13)14)6-17-11-15-4-5-16-11/h1-3,10H,4-6H2,(H2,15,16,17). The van der Waals surface area contributed by atoms with Gasteiger partial charge in [-0.3, -0.25) is 4.99 Å². The number of nitrogens with one attached hydrogen (secondary N) is 2. The molecule has 0 unspecified atom stereocenters. The number of rotatable bonds is 4. The molecule has 1 aliphatic rings. The van der Waals surface area contributed by atoms with Crippen molar-refractivity contribution in [2.24, 2.45) is 4.99 Å². The molecule has 0 saturated heterocycles. The number of guanidine groups is 1. The molecule has 4 nitrogen and oxygen atoms in total. The van der Waals surface area contributed by atoms with Crippen LogP contribution in [-0.4, -0.2) is 25.7 Å². The van der Waals surface area contributed by atoms with E-state index < -0.39 is 6.61 Å². The van der Waals surface area contributed by atoms with Crippen molar-refractivity contribution < 1.29 is 13.5 Å². The first kappa shape index (κ1) is 12.9. The third-order valence-electron chi connectivity index (χ3n) is 2.38. The summed E-state index contributed by atoms with van der Waals surface area (Å²) in [7, 11) is 0. The maximum absolute atomic E-state index is 12.3. The van der Waals surface area contributed by atoms with Crippen LogP contribution in [0.4, 0.5) is 8.78 Å². The molecular formula is C11H12ClF2N3O. The molecule has 0 amide bonds. The summed E-state index contributed by atoms with van der Waals surface area (Å²) in [6.07, 6.45) is 0. The first-order valence-electron chi connectivity index (χ1n) is 5.41. The van der Waals surface area contributed by atoms with E-state index in [0.29, 0.717) is 24.6 Å². The van der Waals surface area contributed by atoms with Gasteiger partial charge in [0.05, 0.1) is 11.6 Å². The molecular weight excluding hydrogens is 264 g/mol. The van der Waals surface area contributed by atoms with Gasteiger partial charge in [-0.2, -0.15) is 8.78 Å². The lowest BCUT2D eigenvalue weighted by molar-refractivity contribution is -0.0504. The van der Waals surface area contributed by atoms with Gasteiger partial charge < -0.3 is 15.4 Å². The molecule has 0 spiro atoms. The first-order chi connectivity index (χ1) is 8.66. The van der Waals surface area contributed by atoms with Gasteiger partial charge in [-0.15, -0.1) is 0 Å². The van der Waals surface area contributed by atoms with E-state index in [4.69, 9.17) is 11.6 Å². The highest BCUT2D eigenvalue weighted by atomic mass is 35.5. The molecule has 98 valence electrons. The predicted octanol–water partition coefficient (Wildman–Crippen LogP) is 1.99. The van der Waals surface area contributed by atoms with Crippen LogP contribution in [0.25, 0.3) is 0 Å². The zero-order chi connectivity index (χ0) is 13.0. The SMILES string of the molecule is FC(F)Oc1c(Cl)cccc1CNC1=NCCN1. The van der Waals surface area contributed by atoms with Gasteiger partial charge in [-0.25, -0.2) is 0 Å². The van der Waals surface area contributed by atoms with Crippen LogP contribution in [0.2, 0.25) is 5.02 Å². The second-order valence-electron chi connectivity index (χ2n) is 3.62. The summed E-state index contributed by atoms with van der Waals surface area (Å²) >= 11 is 5.84. The lowest BCUT2D eigenvalue weighted by atomic mass is 10.2. The van der Waals surface area contributed by atoms with Gasteiger partial charge in [0.25, 0.3) is 0 Å². The smallest absolute Gasteiger partial charge is 0.387 e. The van der Waals surface area contributed by atoms with Crippen LogP contribution in [0.15, 0.2) is 23.2 Å². The van der Waals surface area contributed by atoms with E-state index in [1.165, 1.54) is 6.07 Å². The normalized spacial score (nSPS) is 14.3. The zero-order valence-electron chi connectivity index (χ0n) is 9.42. The van der Waals surface area contributed by atoms with Crippen molar-refractivity contribution in [2.45, 2.75) is 13.2 Å². The van der Waals surface area contributed by atoms with Gasteiger partial charge in [0.1, 0.15) is 5.75 Å². The first-order valence-corrected chi connectivity index (χ1v) is 5.79. The number of ether oxygens (including phenoxy) is 1. The summed E-state index contributed by atoms with van der Waals surface area (Å²) in [5, 5.41) is 6.18. The Balaban J connectivity index is 2.08. The summed E-state index contributed by atoms with van der Waals surface area (Å²) in [5.41, 5.74) is 0.555. The Labute approximate surface area is 108 Å². The van der Waals surface area contributed by atoms with Crippen LogP contribution >= 0.6 is 11.6 Å². The van der Waals surface area contributed by atoms with E-state index in [1.807, 2.05) is 0 Å². The molecule has 2 rings (SSSR count). The monoisotopic (exact) mass is 275 g/mol. The largest absolute Gasteiger partial charge is 0.433 e. The van der Waals surface area contributed by atoms with Crippen molar-refractivity contribution in [2.75, 3.05) is 13.1 Å². The minimum atomic E-state index is -2.90. The summed E-state index contributed by atoms with van der Waals surface area (Å²) in [6, 6.07) is 4.86. The quantitative estimate of drug-likeness (QED) is 0.883. The van der Waals surface area contributed by atoms with E-state index in [9.17, 15) is 8.78 Å². The lowest BCUT2D eigenvalue weighted by Gasteiger charge is -2.13. The van der Waals surface area contributed by atoms with Gasteiger partial charge in [-0.05, 0) is 6.07 Å². The van der Waals surface area contributed by atoms with E-state index in [-0.39, 0.29) is 10.8 Å². The van der Waals surface area contributed by atoms with Crippen molar-refractivity contribution in [1.82, 2.24) is 10.6 Å². The second kappa shape index (κ2) is 5.86. The molecule has 0 radical (unpaired) electrons. The zero-order valence-corrected chi connectivity index (χ0v) is 10.2. The average Bonchev–Trinajstić information content (AvgIpc) is 2.82. The van der Waals surface area contributed by atoms with Crippen molar-refractivity contribution in [1.29, 1.82) is 0 Å². The minimum absolute atomic E-state index is 0.000244. The van der Waals surface area contributed by atoms with E-state index in [0.717, 1.165) is 6.54 Å².